The molecule has 9 nitrogen and oxygen atoms in total. The largest absolute Gasteiger partial charge is 0.465 e. The summed E-state index contributed by atoms with van der Waals surface area (Å²) in [6, 6.07) is 0.406. The maximum absolute atomic E-state index is 12.1. The highest BCUT2D eigenvalue weighted by Crippen LogP contribution is 2.33. The van der Waals surface area contributed by atoms with E-state index in [4.69, 9.17) is 21.7 Å². The van der Waals surface area contributed by atoms with Crippen molar-refractivity contribution in [3.63, 3.8) is 0 Å². The molecule has 3 amide bonds. The highest BCUT2D eigenvalue weighted by Gasteiger charge is 2.42. The lowest BCUT2D eigenvalue weighted by Crippen LogP contribution is -2.36. The fourth-order valence-electron chi connectivity index (χ4n) is 4.18. The number of hydrogen-bond donors (Lipinski definition) is 3. The maximum atomic E-state index is 12.1. The molecule has 0 aromatic heterocycles. The van der Waals surface area contributed by atoms with Gasteiger partial charge in [-0.1, -0.05) is 65.3 Å². The number of unbranched alkanes of at least 4 members (excludes halogenated alkanes) is 3. The normalized spacial score (nSPS) is 20.0. The predicted octanol–water partition coefficient (Wildman–Crippen LogP) is 5.02. The molecule has 1 unspecified atom stereocenters. The SMILES string of the molecule is CCSC(=S)SC(C)C(=O)OCCSSCCOC(=O)CCCCCNC(=O)CCCC[C@@H]1SC[C@@H]2NC(=O)N[C@@H]21. The Morgan fingerprint density at radius 1 is 1.05 bits per heavy atom. The minimum atomic E-state index is -0.301. The molecule has 2 fully saturated rings. The van der Waals surface area contributed by atoms with Crippen LogP contribution >= 0.6 is 69.1 Å². The monoisotopic (exact) mass is 685 g/mol. The van der Waals surface area contributed by atoms with Crippen molar-refractivity contribution in [2.24, 2.45) is 0 Å². The third-order valence-electron chi connectivity index (χ3n) is 6.25. The number of amides is 3. The van der Waals surface area contributed by atoms with Crippen LogP contribution in [0, 0.1) is 0 Å². The summed E-state index contributed by atoms with van der Waals surface area (Å²) in [4.78, 5) is 47.4. The number of urea groups is 1. The number of esters is 2. The summed E-state index contributed by atoms with van der Waals surface area (Å²) in [5.41, 5.74) is 0. The smallest absolute Gasteiger partial charge is 0.319 e. The Balaban J connectivity index is 1.32. The average Bonchev–Trinajstić information content (AvgIpc) is 3.49. The van der Waals surface area contributed by atoms with Crippen molar-refractivity contribution in [3.8, 4) is 0 Å². The number of rotatable bonds is 21. The van der Waals surface area contributed by atoms with E-state index in [0.29, 0.717) is 49.4 Å². The first-order valence-corrected chi connectivity index (χ1v) is 20.0. The van der Waals surface area contributed by atoms with Crippen LogP contribution in [0.25, 0.3) is 0 Å². The lowest BCUT2D eigenvalue weighted by atomic mass is 10.0. The molecule has 0 spiro atoms. The van der Waals surface area contributed by atoms with Crippen molar-refractivity contribution in [1.29, 1.82) is 0 Å². The molecule has 0 radical (unpaired) electrons. The van der Waals surface area contributed by atoms with E-state index in [9.17, 15) is 19.2 Å². The number of fused-ring (bicyclic) bond motifs is 1. The molecule has 4 atom stereocenters. The van der Waals surface area contributed by atoms with Crippen LogP contribution in [0.1, 0.15) is 65.2 Å². The molecule has 3 N–H and O–H groups in total. The van der Waals surface area contributed by atoms with Crippen LogP contribution < -0.4 is 16.0 Å². The van der Waals surface area contributed by atoms with E-state index in [1.165, 1.54) is 11.8 Å². The second kappa shape index (κ2) is 22.1. The molecule has 0 saturated carbocycles. The van der Waals surface area contributed by atoms with E-state index in [1.54, 1.807) is 40.3 Å². The maximum Gasteiger partial charge on any atom is 0.319 e. The van der Waals surface area contributed by atoms with Gasteiger partial charge >= 0.3 is 18.0 Å². The molecule has 0 aromatic rings. The van der Waals surface area contributed by atoms with Gasteiger partial charge in [0.2, 0.25) is 5.91 Å². The number of ether oxygens (including phenoxy) is 2. The molecule has 2 heterocycles. The minimum absolute atomic E-state index is 0.0619. The minimum Gasteiger partial charge on any atom is -0.465 e. The Hall–Kier alpha value is -0.480. The summed E-state index contributed by atoms with van der Waals surface area (Å²) < 4.78 is 11.3. The molecule has 2 saturated heterocycles. The van der Waals surface area contributed by atoms with Gasteiger partial charge in [0.15, 0.2) is 0 Å². The molecule has 41 heavy (non-hydrogen) atoms. The second-order valence-electron chi connectivity index (χ2n) is 9.50. The molecule has 0 aliphatic carbocycles. The summed E-state index contributed by atoms with van der Waals surface area (Å²) in [6.45, 7) is 5.15. The van der Waals surface area contributed by atoms with Crippen LogP contribution in [-0.4, -0.2) is 92.8 Å². The molecule has 2 aliphatic rings. The van der Waals surface area contributed by atoms with Gasteiger partial charge in [0.25, 0.3) is 0 Å². The van der Waals surface area contributed by atoms with E-state index in [-0.39, 0.29) is 41.2 Å². The van der Waals surface area contributed by atoms with Crippen molar-refractivity contribution >= 4 is 96.5 Å². The van der Waals surface area contributed by atoms with Gasteiger partial charge in [-0.15, -0.1) is 11.8 Å². The summed E-state index contributed by atoms with van der Waals surface area (Å²) >= 11 is 10.0. The van der Waals surface area contributed by atoms with Gasteiger partial charge in [0.1, 0.15) is 22.0 Å². The van der Waals surface area contributed by atoms with Gasteiger partial charge in [-0.05, 0) is 38.4 Å². The zero-order valence-corrected chi connectivity index (χ0v) is 28.7. The third kappa shape index (κ3) is 16.2. The van der Waals surface area contributed by atoms with Crippen LogP contribution in [0.15, 0.2) is 0 Å². The number of carbonyl (C=O) groups is 4. The van der Waals surface area contributed by atoms with Crippen LogP contribution in [0.3, 0.4) is 0 Å². The van der Waals surface area contributed by atoms with Gasteiger partial charge in [-0.25, -0.2) is 4.79 Å². The van der Waals surface area contributed by atoms with Crippen LogP contribution in [0.4, 0.5) is 4.79 Å². The van der Waals surface area contributed by atoms with Gasteiger partial charge in [0.05, 0.1) is 12.1 Å². The number of nitrogens with one attached hydrogen (secondary N) is 3. The quantitative estimate of drug-likeness (QED) is 0.0495. The van der Waals surface area contributed by atoms with E-state index >= 15 is 0 Å². The molecule has 0 aromatic carbocycles. The van der Waals surface area contributed by atoms with Gasteiger partial charge in [0, 0.05) is 41.9 Å². The fourth-order valence-corrected chi connectivity index (χ4v) is 9.91. The molecule has 2 rings (SSSR count). The van der Waals surface area contributed by atoms with Crippen molar-refractivity contribution < 1.29 is 28.7 Å². The fraction of sp³-hybridized carbons (Fsp3) is 0.808. The molecule has 15 heteroatoms. The molecular formula is C26H43N3O6S6. The molecule has 2 aliphatic heterocycles. The van der Waals surface area contributed by atoms with E-state index in [0.717, 1.165) is 53.6 Å². The Bertz CT molecular complexity index is 855. The summed E-state index contributed by atoms with van der Waals surface area (Å²) in [5, 5.41) is 9.05. The van der Waals surface area contributed by atoms with Crippen LogP contribution in [0.5, 0.6) is 0 Å². The van der Waals surface area contributed by atoms with E-state index in [2.05, 4.69) is 16.0 Å². The Morgan fingerprint density at radius 3 is 2.54 bits per heavy atom. The summed E-state index contributed by atoms with van der Waals surface area (Å²) in [6.07, 6.45) is 6.20. The van der Waals surface area contributed by atoms with Crippen molar-refractivity contribution in [2.75, 3.05) is 42.8 Å². The van der Waals surface area contributed by atoms with Crippen molar-refractivity contribution in [2.45, 2.75) is 87.8 Å². The van der Waals surface area contributed by atoms with Gasteiger partial charge < -0.3 is 25.4 Å². The number of carbonyl (C=O) groups excluding carboxylic acids is 4. The average molecular weight is 686 g/mol. The van der Waals surface area contributed by atoms with Gasteiger partial charge in [-0.3, -0.25) is 14.4 Å². The van der Waals surface area contributed by atoms with E-state index < -0.39 is 0 Å². The Kier molecular flexibility index (Phi) is 19.8. The van der Waals surface area contributed by atoms with Crippen molar-refractivity contribution in [3.05, 3.63) is 0 Å². The van der Waals surface area contributed by atoms with E-state index in [1.807, 2.05) is 18.7 Å². The van der Waals surface area contributed by atoms with Gasteiger partial charge in [-0.2, -0.15) is 11.8 Å². The first-order valence-electron chi connectivity index (χ1n) is 14.2. The highest BCUT2D eigenvalue weighted by molar-refractivity contribution is 8.76. The molecule has 234 valence electrons. The second-order valence-corrected chi connectivity index (χ2v) is 17.3. The Morgan fingerprint density at radius 2 is 1.78 bits per heavy atom. The first kappa shape index (κ1) is 36.7. The highest BCUT2D eigenvalue weighted by atomic mass is 33.1. The zero-order valence-electron chi connectivity index (χ0n) is 23.8. The number of thioether (sulfide) groups is 3. The molecule has 0 bridgehead atoms. The third-order valence-corrected chi connectivity index (χ3v) is 12.6. The lowest BCUT2D eigenvalue weighted by molar-refractivity contribution is -0.143. The van der Waals surface area contributed by atoms with Crippen molar-refractivity contribution in [1.82, 2.24) is 16.0 Å². The summed E-state index contributed by atoms with van der Waals surface area (Å²) in [5.74, 6) is 2.83. The summed E-state index contributed by atoms with van der Waals surface area (Å²) in [7, 11) is 3.17. The lowest BCUT2D eigenvalue weighted by Gasteiger charge is -2.16. The number of thiocarbonyl (C=S) groups is 1. The molecular weight excluding hydrogens is 643 g/mol. The zero-order chi connectivity index (χ0) is 29.9. The standard InChI is InChI=1S/C26H43N3O6S6/c1-3-37-26(36)41-18(2)24(32)35-14-16-40-39-15-13-34-22(31)11-5-4-8-12-27-21(30)10-7-6-9-20-23-19(17-38-20)28-25(33)29-23/h18-20,23H,3-17H2,1-2H3,(H,27,30)(H2,28,29,33)/t18?,19-,20-,23-/m0/s1. The Labute approximate surface area is 270 Å². The topological polar surface area (TPSA) is 123 Å². The van der Waals surface area contributed by atoms with Crippen LogP contribution in [-0.2, 0) is 23.9 Å². The van der Waals surface area contributed by atoms with Crippen LogP contribution in [0.2, 0.25) is 0 Å². The predicted molar refractivity (Wildman–Crippen MR) is 180 cm³/mol. The number of hydrogen-bond acceptors (Lipinski definition) is 12. The first-order chi connectivity index (χ1) is 19.8.